The number of rotatable bonds is 4. The van der Waals surface area contributed by atoms with Crippen LogP contribution in [0, 0.1) is 0 Å². The second-order valence-electron chi connectivity index (χ2n) is 4.09. The molecule has 0 radical (unpaired) electrons. The molecule has 0 aliphatic carbocycles. The van der Waals surface area contributed by atoms with Gasteiger partial charge in [-0.2, -0.15) is 0 Å². The van der Waals surface area contributed by atoms with Gasteiger partial charge >= 0.3 is 5.97 Å². The largest absolute Gasteiger partial charge is 0.477 e. The highest BCUT2D eigenvalue weighted by Crippen LogP contribution is 2.10. The van der Waals surface area contributed by atoms with Gasteiger partial charge in [0.05, 0.1) is 11.9 Å². The lowest BCUT2D eigenvalue weighted by atomic mass is 10.1. The summed E-state index contributed by atoms with van der Waals surface area (Å²) in [4.78, 5) is 26.3. The highest BCUT2D eigenvalue weighted by molar-refractivity contribution is 6.04. The van der Waals surface area contributed by atoms with Crippen molar-refractivity contribution < 1.29 is 14.7 Å². The number of aromatic nitrogens is 1. The Morgan fingerprint density at radius 1 is 1.15 bits per heavy atom. The van der Waals surface area contributed by atoms with E-state index in [-0.39, 0.29) is 11.6 Å². The normalized spacial score (nSPS) is 10.1. The maximum absolute atomic E-state index is 11.9. The van der Waals surface area contributed by atoms with Gasteiger partial charge in [0.1, 0.15) is 5.69 Å². The van der Waals surface area contributed by atoms with Gasteiger partial charge in [0.15, 0.2) is 0 Å². The van der Waals surface area contributed by atoms with Crippen molar-refractivity contribution in [2.75, 3.05) is 5.32 Å². The molecule has 0 atom stereocenters. The quantitative estimate of drug-likeness (QED) is 0.781. The molecule has 0 bridgehead atoms. The Hall–Kier alpha value is -2.73. The molecule has 1 aromatic carbocycles. The van der Waals surface area contributed by atoms with Gasteiger partial charge in [-0.3, -0.25) is 4.79 Å². The Morgan fingerprint density at radius 3 is 2.35 bits per heavy atom. The molecule has 0 fully saturated rings. The average molecular weight is 271 g/mol. The molecule has 0 saturated heterocycles. The number of hydrogen-bond donors (Lipinski definition) is 3. The number of hydrogen-bond acceptors (Lipinski definition) is 4. The summed E-state index contributed by atoms with van der Waals surface area (Å²) in [5, 5.41) is 11.4. The Bertz CT molecular complexity index is 621. The summed E-state index contributed by atoms with van der Waals surface area (Å²) in [7, 11) is 0. The van der Waals surface area contributed by atoms with Crippen molar-refractivity contribution >= 4 is 17.6 Å². The van der Waals surface area contributed by atoms with E-state index < -0.39 is 5.97 Å². The Labute approximate surface area is 115 Å². The zero-order valence-electron chi connectivity index (χ0n) is 10.5. The predicted molar refractivity (Wildman–Crippen MR) is 73.5 cm³/mol. The van der Waals surface area contributed by atoms with Gasteiger partial charge in [-0.05, 0) is 29.8 Å². The van der Waals surface area contributed by atoms with E-state index in [1.54, 1.807) is 24.3 Å². The molecule has 0 aliphatic rings. The first-order valence-corrected chi connectivity index (χ1v) is 5.90. The van der Waals surface area contributed by atoms with Crippen LogP contribution in [0.5, 0.6) is 0 Å². The van der Waals surface area contributed by atoms with E-state index in [2.05, 4.69) is 10.3 Å². The predicted octanol–water partition coefficient (Wildman–Crippen LogP) is 1.49. The fourth-order valence-electron chi connectivity index (χ4n) is 1.59. The standard InChI is InChI=1S/C14H13N3O3/c15-7-9-1-3-10(4-2-9)13(18)17-11-5-6-12(14(19)20)16-8-11/h1-6,8H,7,15H2,(H,17,18)(H,19,20). The first kappa shape index (κ1) is 13.7. The molecule has 0 saturated carbocycles. The molecule has 0 aliphatic heterocycles. The fraction of sp³-hybridized carbons (Fsp3) is 0.0714. The van der Waals surface area contributed by atoms with Crippen LogP contribution < -0.4 is 11.1 Å². The Morgan fingerprint density at radius 2 is 1.85 bits per heavy atom. The van der Waals surface area contributed by atoms with Crippen molar-refractivity contribution in [3.05, 3.63) is 59.4 Å². The summed E-state index contributed by atoms with van der Waals surface area (Å²) in [5.41, 5.74) is 7.27. The number of aromatic carboxylic acids is 1. The van der Waals surface area contributed by atoms with Crippen molar-refractivity contribution in [1.29, 1.82) is 0 Å². The summed E-state index contributed by atoms with van der Waals surface area (Å²) in [6, 6.07) is 9.73. The lowest BCUT2D eigenvalue weighted by Gasteiger charge is -2.05. The lowest BCUT2D eigenvalue weighted by Crippen LogP contribution is -2.12. The third kappa shape index (κ3) is 3.18. The number of benzene rings is 1. The zero-order chi connectivity index (χ0) is 14.5. The van der Waals surface area contributed by atoms with Crippen molar-refractivity contribution in [3.63, 3.8) is 0 Å². The van der Waals surface area contributed by atoms with E-state index in [0.29, 0.717) is 17.8 Å². The van der Waals surface area contributed by atoms with E-state index in [0.717, 1.165) is 5.56 Å². The first-order chi connectivity index (χ1) is 9.60. The second-order valence-corrected chi connectivity index (χ2v) is 4.09. The molecule has 1 heterocycles. The van der Waals surface area contributed by atoms with Crippen LogP contribution >= 0.6 is 0 Å². The maximum Gasteiger partial charge on any atom is 0.354 e. The van der Waals surface area contributed by atoms with E-state index in [4.69, 9.17) is 10.8 Å². The highest BCUT2D eigenvalue weighted by atomic mass is 16.4. The summed E-state index contributed by atoms with van der Waals surface area (Å²) in [6.45, 7) is 0.419. The van der Waals surface area contributed by atoms with Gasteiger partial charge in [0.25, 0.3) is 5.91 Å². The number of amides is 1. The van der Waals surface area contributed by atoms with E-state index in [1.165, 1.54) is 18.3 Å². The first-order valence-electron chi connectivity index (χ1n) is 5.90. The summed E-state index contributed by atoms with van der Waals surface area (Å²) >= 11 is 0. The maximum atomic E-state index is 11.9. The molecule has 6 heteroatoms. The van der Waals surface area contributed by atoms with Crippen LogP contribution in [0.25, 0.3) is 0 Å². The monoisotopic (exact) mass is 271 g/mol. The molecule has 20 heavy (non-hydrogen) atoms. The number of pyridine rings is 1. The molecule has 4 N–H and O–H groups in total. The van der Waals surface area contributed by atoms with Gasteiger partial charge < -0.3 is 16.2 Å². The molecular formula is C14H13N3O3. The summed E-state index contributed by atoms with van der Waals surface area (Å²) in [5.74, 6) is -1.40. The van der Waals surface area contributed by atoms with Crippen LogP contribution in [0.1, 0.15) is 26.4 Å². The highest BCUT2D eigenvalue weighted by Gasteiger charge is 2.08. The van der Waals surface area contributed by atoms with E-state index in [9.17, 15) is 9.59 Å². The topological polar surface area (TPSA) is 105 Å². The number of anilines is 1. The van der Waals surface area contributed by atoms with Crippen LogP contribution in [-0.4, -0.2) is 22.0 Å². The minimum atomic E-state index is -1.11. The van der Waals surface area contributed by atoms with Gasteiger partial charge in [-0.25, -0.2) is 9.78 Å². The van der Waals surface area contributed by atoms with Gasteiger partial charge in [0, 0.05) is 12.1 Å². The fourth-order valence-corrected chi connectivity index (χ4v) is 1.59. The number of nitrogens with zero attached hydrogens (tertiary/aromatic N) is 1. The van der Waals surface area contributed by atoms with Crippen LogP contribution in [0.15, 0.2) is 42.6 Å². The van der Waals surface area contributed by atoms with Crippen molar-refractivity contribution in [2.24, 2.45) is 5.73 Å². The minimum Gasteiger partial charge on any atom is -0.477 e. The Kier molecular flexibility index (Phi) is 4.07. The number of nitrogens with one attached hydrogen (secondary N) is 1. The number of nitrogens with two attached hydrogens (primary N) is 1. The molecule has 6 nitrogen and oxygen atoms in total. The van der Waals surface area contributed by atoms with Crippen LogP contribution in [0.3, 0.4) is 0 Å². The lowest BCUT2D eigenvalue weighted by molar-refractivity contribution is 0.0690. The van der Waals surface area contributed by atoms with Crippen molar-refractivity contribution in [3.8, 4) is 0 Å². The van der Waals surface area contributed by atoms with E-state index >= 15 is 0 Å². The second kappa shape index (κ2) is 5.94. The molecule has 2 rings (SSSR count). The summed E-state index contributed by atoms with van der Waals surface area (Å²) in [6.07, 6.45) is 1.30. The van der Waals surface area contributed by atoms with Gasteiger partial charge in [-0.1, -0.05) is 12.1 Å². The van der Waals surface area contributed by atoms with Crippen LogP contribution in [0.2, 0.25) is 0 Å². The molecule has 0 spiro atoms. The smallest absolute Gasteiger partial charge is 0.354 e. The third-order valence-corrected chi connectivity index (χ3v) is 2.69. The van der Waals surface area contributed by atoms with Crippen molar-refractivity contribution in [2.45, 2.75) is 6.54 Å². The molecule has 1 aromatic heterocycles. The average Bonchev–Trinajstić information content (AvgIpc) is 2.48. The van der Waals surface area contributed by atoms with Crippen LogP contribution in [-0.2, 0) is 6.54 Å². The van der Waals surface area contributed by atoms with E-state index in [1.807, 2.05) is 0 Å². The third-order valence-electron chi connectivity index (χ3n) is 2.69. The number of carbonyl (C=O) groups is 2. The van der Waals surface area contributed by atoms with Crippen molar-refractivity contribution in [1.82, 2.24) is 4.98 Å². The molecule has 1 amide bonds. The van der Waals surface area contributed by atoms with Gasteiger partial charge in [0.2, 0.25) is 0 Å². The van der Waals surface area contributed by atoms with Crippen LogP contribution in [0.4, 0.5) is 5.69 Å². The molecule has 2 aromatic rings. The zero-order valence-corrected chi connectivity index (χ0v) is 10.5. The summed E-state index contributed by atoms with van der Waals surface area (Å²) < 4.78 is 0. The molecular weight excluding hydrogens is 258 g/mol. The minimum absolute atomic E-state index is 0.0738. The van der Waals surface area contributed by atoms with Gasteiger partial charge in [-0.15, -0.1) is 0 Å². The Balaban J connectivity index is 2.08. The molecule has 102 valence electrons. The number of carboxylic acid groups (broad SMARTS) is 1. The molecule has 0 unspecified atom stereocenters. The number of carbonyl (C=O) groups excluding carboxylic acids is 1. The SMILES string of the molecule is NCc1ccc(C(=O)Nc2ccc(C(=O)O)nc2)cc1. The number of carboxylic acids is 1.